The van der Waals surface area contributed by atoms with Crippen LogP contribution in [0.15, 0.2) is 66.1 Å². The molecule has 0 radical (unpaired) electrons. The molecule has 1 aromatic heterocycles. The minimum absolute atomic E-state index is 0.130. The number of thioether (sulfide) groups is 1. The molecular formula is C20H21N3O3S. The third-order valence-corrected chi connectivity index (χ3v) is 4.82. The van der Waals surface area contributed by atoms with Crippen LogP contribution in [-0.4, -0.2) is 40.5 Å². The lowest BCUT2D eigenvalue weighted by atomic mass is 10.1. The number of hydrogen-bond donors (Lipinski definition) is 2. The van der Waals surface area contributed by atoms with Gasteiger partial charge in [-0.3, -0.25) is 9.36 Å². The summed E-state index contributed by atoms with van der Waals surface area (Å²) in [4.78, 5) is 16.6. The first kappa shape index (κ1) is 19.0. The monoisotopic (exact) mass is 383 g/mol. The van der Waals surface area contributed by atoms with Crippen molar-refractivity contribution in [1.82, 2.24) is 14.9 Å². The highest BCUT2D eigenvalue weighted by atomic mass is 32.2. The second kappa shape index (κ2) is 8.75. The minimum Gasteiger partial charge on any atom is -0.497 e. The maximum atomic E-state index is 12.3. The van der Waals surface area contributed by atoms with Crippen LogP contribution in [0.5, 0.6) is 5.75 Å². The summed E-state index contributed by atoms with van der Waals surface area (Å²) < 4.78 is 7.06. The van der Waals surface area contributed by atoms with Gasteiger partial charge in [-0.25, -0.2) is 4.98 Å². The van der Waals surface area contributed by atoms with Crippen molar-refractivity contribution in [3.63, 3.8) is 0 Å². The first-order chi connectivity index (χ1) is 13.1. The zero-order valence-corrected chi connectivity index (χ0v) is 15.9. The van der Waals surface area contributed by atoms with Crippen molar-refractivity contribution in [1.29, 1.82) is 0 Å². The van der Waals surface area contributed by atoms with Gasteiger partial charge in [0.1, 0.15) is 5.75 Å². The molecule has 0 saturated carbocycles. The molecule has 0 saturated heterocycles. The van der Waals surface area contributed by atoms with Crippen molar-refractivity contribution in [2.75, 3.05) is 19.9 Å². The van der Waals surface area contributed by atoms with Crippen molar-refractivity contribution in [3.8, 4) is 11.4 Å². The number of aliphatic hydroxyl groups is 1. The molecule has 1 amide bonds. The van der Waals surface area contributed by atoms with E-state index >= 15 is 0 Å². The van der Waals surface area contributed by atoms with Crippen LogP contribution < -0.4 is 10.1 Å². The van der Waals surface area contributed by atoms with Gasteiger partial charge >= 0.3 is 0 Å². The lowest BCUT2D eigenvalue weighted by molar-refractivity contribution is 0.0916. The van der Waals surface area contributed by atoms with Crippen molar-refractivity contribution in [2.45, 2.75) is 11.3 Å². The molecule has 0 aliphatic heterocycles. The average molecular weight is 383 g/mol. The molecule has 140 valence electrons. The predicted octanol–water partition coefficient (Wildman–Crippen LogP) is 3.07. The van der Waals surface area contributed by atoms with E-state index in [4.69, 9.17) is 4.74 Å². The van der Waals surface area contributed by atoms with Gasteiger partial charge < -0.3 is 15.2 Å². The molecule has 0 aliphatic carbocycles. The molecule has 2 aromatic carbocycles. The van der Waals surface area contributed by atoms with Gasteiger partial charge in [0.15, 0.2) is 5.16 Å². The minimum atomic E-state index is -0.783. The van der Waals surface area contributed by atoms with Crippen molar-refractivity contribution in [3.05, 3.63) is 72.1 Å². The molecular weight excluding hydrogens is 362 g/mol. The fourth-order valence-electron chi connectivity index (χ4n) is 2.65. The summed E-state index contributed by atoms with van der Waals surface area (Å²) in [6.07, 6.45) is 4.81. The summed E-state index contributed by atoms with van der Waals surface area (Å²) in [6, 6.07) is 14.4. The summed E-state index contributed by atoms with van der Waals surface area (Å²) in [5.74, 6) is 0.488. The van der Waals surface area contributed by atoms with Crippen LogP contribution >= 0.6 is 11.8 Å². The normalized spacial score (nSPS) is 11.8. The summed E-state index contributed by atoms with van der Waals surface area (Å²) in [7, 11) is 1.59. The molecule has 27 heavy (non-hydrogen) atoms. The van der Waals surface area contributed by atoms with Gasteiger partial charge in [0.2, 0.25) is 0 Å². The zero-order valence-electron chi connectivity index (χ0n) is 15.1. The van der Waals surface area contributed by atoms with Gasteiger partial charge in [-0.05, 0) is 48.2 Å². The van der Waals surface area contributed by atoms with Crippen LogP contribution in [0.2, 0.25) is 0 Å². The van der Waals surface area contributed by atoms with E-state index in [-0.39, 0.29) is 12.5 Å². The fourth-order valence-corrected chi connectivity index (χ4v) is 3.18. The number of aromatic nitrogens is 2. The molecule has 3 rings (SSSR count). The van der Waals surface area contributed by atoms with E-state index < -0.39 is 6.10 Å². The number of nitrogens with zero attached hydrogens (tertiary/aromatic N) is 2. The largest absolute Gasteiger partial charge is 0.497 e. The number of imidazole rings is 1. The van der Waals surface area contributed by atoms with Crippen LogP contribution in [0.1, 0.15) is 22.0 Å². The number of methoxy groups -OCH3 is 1. The number of aliphatic hydroxyl groups excluding tert-OH is 1. The van der Waals surface area contributed by atoms with Gasteiger partial charge in [-0.2, -0.15) is 0 Å². The Bertz CT molecular complexity index is 892. The van der Waals surface area contributed by atoms with E-state index in [0.29, 0.717) is 5.56 Å². The summed E-state index contributed by atoms with van der Waals surface area (Å²) in [5, 5.41) is 13.9. The number of amides is 1. The topological polar surface area (TPSA) is 76.4 Å². The first-order valence-electron chi connectivity index (χ1n) is 8.40. The molecule has 0 bridgehead atoms. The van der Waals surface area contributed by atoms with Crippen LogP contribution in [0.25, 0.3) is 5.69 Å². The van der Waals surface area contributed by atoms with Crippen LogP contribution in [-0.2, 0) is 0 Å². The summed E-state index contributed by atoms with van der Waals surface area (Å²) >= 11 is 1.56. The highest BCUT2D eigenvalue weighted by Gasteiger charge is 2.12. The van der Waals surface area contributed by atoms with E-state index in [1.807, 2.05) is 29.2 Å². The second-order valence-electron chi connectivity index (χ2n) is 5.83. The number of benzene rings is 2. The molecule has 1 atom stereocenters. The Kier molecular flexibility index (Phi) is 6.16. The van der Waals surface area contributed by atoms with Crippen molar-refractivity contribution < 1.29 is 14.6 Å². The molecule has 1 heterocycles. The number of carbonyl (C=O) groups excluding carboxylic acids is 1. The SMILES string of the molecule is COc1ccc(C(O)CNC(=O)c2ccc(-n3ccnc3SC)cc2)cc1. The highest BCUT2D eigenvalue weighted by molar-refractivity contribution is 7.98. The lowest BCUT2D eigenvalue weighted by Gasteiger charge is -2.13. The molecule has 7 heteroatoms. The van der Waals surface area contributed by atoms with E-state index in [1.165, 1.54) is 0 Å². The fraction of sp³-hybridized carbons (Fsp3) is 0.200. The Balaban J connectivity index is 1.60. The Morgan fingerprint density at radius 2 is 1.93 bits per heavy atom. The van der Waals surface area contributed by atoms with Crippen molar-refractivity contribution >= 4 is 17.7 Å². The second-order valence-corrected chi connectivity index (χ2v) is 6.60. The maximum Gasteiger partial charge on any atom is 0.251 e. The molecule has 0 fully saturated rings. The number of carbonyl (C=O) groups is 1. The Morgan fingerprint density at radius 1 is 1.22 bits per heavy atom. The third-order valence-electron chi connectivity index (χ3n) is 4.15. The number of hydrogen-bond acceptors (Lipinski definition) is 5. The first-order valence-corrected chi connectivity index (χ1v) is 9.63. The van der Waals surface area contributed by atoms with Gasteiger partial charge in [0.05, 0.1) is 13.2 Å². The Labute approximate surface area is 162 Å². The summed E-state index contributed by atoms with van der Waals surface area (Å²) in [5.41, 5.74) is 2.19. The third kappa shape index (κ3) is 4.50. The Morgan fingerprint density at radius 3 is 2.56 bits per heavy atom. The zero-order chi connectivity index (χ0) is 19.2. The standard InChI is InChI=1S/C20H21N3O3S/c1-26-17-9-5-14(6-10-17)18(24)13-22-19(25)15-3-7-16(8-4-15)23-12-11-21-20(23)27-2/h3-12,18,24H,13H2,1-2H3,(H,22,25). The van der Waals surface area contributed by atoms with Crippen LogP contribution in [0.4, 0.5) is 0 Å². The maximum absolute atomic E-state index is 12.3. The van der Waals surface area contributed by atoms with Crippen molar-refractivity contribution in [2.24, 2.45) is 0 Å². The molecule has 2 N–H and O–H groups in total. The summed E-state index contributed by atoms with van der Waals surface area (Å²) in [6.45, 7) is 0.130. The lowest BCUT2D eigenvalue weighted by Crippen LogP contribution is -2.28. The van der Waals surface area contributed by atoms with E-state index in [1.54, 1.807) is 61.5 Å². The smallest absolute Gasteiger partial charge is 0.251 e. The van der Waals surface area contributed by atoms with Gasteiger partial charge in [-0.15, -0.1) is 0 Å². The number of nitrogens with one attached hydrogen (secondary N) is 1. The molecule has 3 aromatic rings. The molecule has 0 spiro atoms. The average Bonchev–Trinajstić information content (AvgIpc) is 3.20. The van der Waals surface area contributed by atoms with Gasteiger partial charge in [-0.1, -0.05) is 23.9 Å². The molecule has 1 unspecified atom stereocenters. The van der Waals surface area contributed by atoms with Crippen LogP contribution in [0, 0.1) is 0 Å². The van der Waals surface area contributed by atoms with E-state index in [2.05, 4.69) is 10.3 Å². The van der Waals surface area contributed by atoms with E-state index in [0.717, 1.165) is 22.2 Å². The molecule has 6 nitrogen and oxygen atoms in total. The quantitative estimate of drug-likeness (QED) is 0.613. The predicted molar refractivity (Wildman–Crippen MR) is 106 cm³/mol. The van der Waals surface area contributed by atoms with Crippen LogP contribution in [0.3, 0.4) is 0 Å². The van der Waals surface area contributed by atoms with E-state index in [9.17, 15) is 9.90 Å². The van der Waals surface area contributed by atoms with Gasteiger partial charge in [0.25, 0.3) is 5.91 Å². The number of rotatable bonds is 7. The van der Waals surface area contributed by atoms with Gasteiger partial charge in [0, 0.05) is 30.2 Å². The number of ether oxygens (including phenoxy) is 1. The molecule has 0 aliphatic rings. The Hall–Kier alpha value is -2.77. The highest BCUT2D eigenvalue weighted by Crippen LogP contribution is 2.19.